The Hall–Kier alpha value is -3.07. The fraction of sp³-hybridized carbons (Fsp3) is 0.350. The average Bonchev–Trinajstić information content (AvgIpc) is 3.75. The largest absolute Gasteiger partial charge is 0.405 e. The minimum absolute atomic E-state index is 0.0356. The maximum absolute atomic E-state index is 6.77. The first-order chi connectivity index (χ1) is 21.5. The first-order valence-electron chi connectivity index (χ1n) is 16.2. The Balaban J connectivity index is 0.000000205. The van der Waals surface area contributed by atoms with Gasteiger partial charge in [-0.25, -0.2) is 0 Å². The highest BCUT2D eigenvalue weighted by molar-refractivity contribution is 7.00. The van der Waals surface area contributed by atoms with Gasteiger partial charge in [-0.2, -0.15) is 0 Å². The van der Waals surface area contributed by atoms with Crippen molar-refractivity contribution in [2.45, 2.75) is 77.7 Å². The monoisotopic (exact) mass is 636 g/mol. The summed E-state index contributed by atoms with van der Waals surface area (Å²) < 4.78 is 19.0. The van der Waals surface area contributed by atoms with Gasteiger partial charge in [-0.3, -0.25) is 0 Å². The maximum atomic E-state index is 6.77. The third kappa shape index (κ3) is 7.85. The number of benzene rings is 4. The number of hydrogen-bond acceptors (Lipinski definition) is 3. The molecule has 45 heavy (non-hydrogen) atoms. The summed E-state index contributed by atoms with van der Waals surface area (Å²) in [6.45, 7) is 19.3. The van der Waals surface area contributed by atoms with Crippen LogP contribution in [0.5, 0.6) is 0 Å². The zero-order valence-electron chi connectivity index (χ0n) is 28.5. The van der Waals surface area contributed by atoms with Crippen molar-refractivity contribution < 1.29 is 13.6 Å². The van der Waals surface area contributed by atoms with Crippen molar-refractivity contribution >= 4 is 37.4 Å². The molecule has 0 spiro atoms. The molecule has 2 unspecified atom stereocenters. The summed E-state index contributed by atoms with van der Waals surface area (Å²) >= 11 is 0. The van der Waals surface area contributed by atoms with Crippen LogP contribution in [-0.4, -0.2) is 42.1 Å². The number of allylic oxidation sites excluding steroid dienone is 1. The Labute approximate surface area is 274 Å². The predicted molar refractivity (Wildman–Crippen MR) is 196 cm³/mol. The third-order valence-corrected chi connectivity index (χ3v) is 18.8. The molecule has 5 rings (SSSR count). The van der Waals surface area contributed by atoms with Crippen LogP contribution >= 0.6 is 0 Å². The maximum Gasteiger partial charge on any atom is 0.261 e. The van der Waals surface area contributed by atoms with E-state index in [4.69, 9.17) is 13.6 Å². The molecule has 0 aliphatic carbocycles. The van der Waals surface area contributed by atoms with Gasteiger partial charge in [0.2, 0.25) is 0 Å². The quantitative estimate of drug-likeness (QED) is 0.103. The van der Waals surface area contributed by atoms with E-state index < -0.39 is 16.6 Å². The highest BCUT2D eigenvalue weighted by Crippen LogP contribution is 2.38. The summed E-state index contributed by atoms with van der Waals surface area (Å²) in [6, 6.07) is 43.0. The number of hydrogen-bond donors (Lipinski definition) is 0. The van der Waals surface area contributed by atoms with Crippen molar-refractivity contribution in [2.24, 2.45) is 0 Å². The summed E-state index contributed by atoms with van der Waals surface area (Å²) in [5, 5.41) is 5.40. The molecular weight excluding hydrogens is 585 g/mol. The van der Waals surface area contributed by atoms with Crippen molar-refractivity contribution in [3.05, 3.63) is 133 Å². The molecule has 5 heteroatoms. The number of ether oxygens (including phenoxy) is 1. The van der Waals surface area contributed by atoms with Crippen LogP contribution in [0.3, 0.4) is 0 Å². The SMILES string of the molecule is CC1OC1CO[Si](c1ccccc1)(c1ccccc1)C(C)(C)C.CC=CCO[Si](c1ccccc1)(c1ccccc1)C(C)(C)C. The fourth-order valence-corrected chi connectivity index (χ4v) is 15.5. The Bertz CT molecular complexity index is 1380. The van der Waals surface area contributed by atoms with E-state index in [1.54, 1.807) is 0 Å². The topological polar surface area (TPSA) is 31.0 Å². The van der Waals surface area contributed by atoms with Crippen LogP contribution in [-0.2, 0) is 13.6 Å². The smallest absolute Gasteiger partial charge is 0.261 e. The van der Waals surface area contributed by atoms with Crippen molar-refractivity contribution in [3.8, 4) is 0 Å². The number of epoxide rings is 1. The summed E-state index contributed by atoms with van der Waals surface area (Å²) in [5.41, 5.74) is 0. The lowest BCUT2D eigenvalue weighted by molar-refractivity contribution is 0.248. The Kier molecular flexibility index (Phi) is 11.6. The van der Waals surface area contributed by atoms with Crippen molar-refractivity contribution in [1.82, 2.24) is 0 Å². The molecule has 1 heterocycles. The van der Waals surface area contributed by atoms with E-state index in [-0.39, 0.29) is 16.2 Å². The molecule has 0 aromatic heterocycles. The Morgan fingerprint density at radius 2 is 0.889 bits per heavy atom. The zero-order chi connectivity index (χ0) is 32.6. The average molecular weight is 637 g/mol. The van der Waals surface area contributed by atoms with Gasteiger partial charge in [-0.05, 0) is 44.7 Å². The van der Waals surface area contributed by atoms with Crippen LogP contribution in [0.2, 0.25) is 10.1 Å². The minimum atomic E-state index is -2.38. The van der Waals surface area contributed by atoms with Gasteiger partial charge in [0.05, 0.1) is 19.3 Å². The molecule has 4 aromatic rings. The van der Waals surface area contributed by atoms with Crippen LogP contribution in [0.4, 0.5) is 0 Å². The molecule has 0 bridgehead atoms. The van der Waals surface area contributed by atoms with Crippen LogP contribution in [0.15, 0.2) is 133 Å². The molecular formula is C40H52O3Si2. The molecule has 1 aliphatic heterocycles. The summed E-state index contributed by atoms with van der Waals surface area (Å²) in [4.78, 5) is 0. The molecule has 0 radical (unpaired) electrons. The Morgan fingerprint density at radius 3 is 1.16 bits per heavy atom. The standard InChI is InChI=1S/C20H26O2Si.C20H26OSi/c1-16-19(22-16)15-21-23(20(2,3)4,17-11-7-5-8-12-17)18-13-9-6-10-14-18;1-5-6-17-21-22(20(2,3)4,18-13-9-7-10-14-18)19-15-11-8-12-16-19/h5-14,16,19H,15H2,1-4H3;5-16H,17H2,1-4H3. The molecule has 0 saturated carbocycles. The molecule has 3 nitrogen and oxygen atoms in total. The predicted octanol–water partition coefficient (Wildman–Crippen LogP) is 7.49. The lowest BCUT2D eigenvalue weighted by Gasteiger charge is -2.43. The lowest BCUT2D eigenvalue weighted by Crippen LogP contribution is -2.66. The molecule has 4 aromatic carbocycles. The van der Waals surface area contributed by atoms with Gasteiger partial charge in [-0.15, -0.1) is 0 Å². The van der Waals surface area contributed by atoms with Gasteiger partial charge in [0, 0.05) is 0 Å². The summed E-state index contributed by atoms with van der Waals surface area (Å²) in [7, 11) is -4.72. The first-order valence-corrected chi connectivity index (χ1v) is 20.1. The van der Waals surface area contributed by atoms with E-state index in [9.17, 15) is 0 Å². The van der Waals surface area contributed by atoms with Gasteiger partial charge in [0.25, 0.3) is 16.6 Å². The normalized spacial score (nSPS) is 17.1. The Morgan fingerprint density at radius 1 is 0.578 bits per heavy atom. The van der Waals surface area contributed by atoms with Crippen molar-refractivity contribution in [2.75, 3.05) is 13.2 Å². The molecule has 2 atom stereocenters. The van der Waals surface area contributed by atoms with E-state index in [0.29, 0.717) is 19.3 Å². The second-order valence-electron chi connectivity index (χ2n) is 13.9. The van der Waals surface area contributed by atoms with Gasteiger partial charge in [-0.1, -0.05) is 175 Å². The van der Waals surface area contributed by atoms with E-state index >= 15 is 0 Å². The second-order valence-corrected chi connectivity index (χ2v) is 22.5. The van der Waals surface area contributed by atoms with E-state index in [0.717, 1.165) is 0 Å². The van der Waals surface area contributed by atoms with Crippen LogP contribution in [0.1, 0.15) is 55.4 Å². The molecule has 1 saturated heterocycles. The highest BCUT2D eigenvalue weighted by atomic mass is 28.4. The lowest BCUT2D eigenvalue weighted by atomic mass is 10.2. The van der Waals surface area contributed by atoms with Crippen LogP contribution in [0.25, 0.3) is 0 Å². The highest BCUT2D eigenvalue weighted by Gasteiger charge is 2.52. The van der Waals surface area contributed by atoms with E-state index in [2.05, 4.69) is 182 Å². The molecule has 238 valence electrons. The van der Waals surface area contributed by atoms with Crippen molar-refractivity contribution in [3.63, 3.8) is 0 Å². The first kappa shape index (κ1) is 34.8. The van der Waals surface area contributed by atoms with Crippen LogP contribution in [0, 0.1) is 0 Å². The zero-order valence-corrected chi connectivity index (χ0v) is 30.5. The molecule has 1 aliphatic rings. The summed E-state index contributed by atoms with van der Waals surface area (Å²) in [5.74, 6) is 0. The second kappa shape index (κ2) is 15.0. The van der Waals surface area contributed by atoms with Gasteiger partial charge < -0.3 is 13.6 Å². The van der Waals surface area contributed by atoms with Gasteiger partial charge in [0.15, 0.2) is 0 Å². The van der Waals surface area contributed by atoms with E-state index in [1.165, 1.54) is 20.7 Å². The number of rotatable bonds is 10. The van der Waals surface area contributed by atoms with Crippen LogP contribution < -0.4 is 20.7 Å². The molecule has 0 amide bonds. The van der Waals surface area contributed by atoms with Gasteiger partial charge in [0.1, 0.15) is 6.10 Å². The third-order valence-electron chi connectivity index (χ3n) is 8.77. The van der Waals surface area contributed by atoms with E-state index in [1.807, 2.05) is 6.92 Å². The fourth-order valence-electron chi connectivity index (χ4n) is 6.40. The minimum Gasteiger partial charge on any atom is -0.405 e. The molecule has 0 N–H and O–H groups in total. The van der Waals surface area contributed by atoms with Gasteiger partial charge >= 0.3 is 0 Å². The molecule has 1 fully saturated rings. The van der Waals surface area contributed by atoms with Crippen molar-refractivity contribution in [1.29, 1.82) is 0 Å². The summed E-state index contributed by atoms with van der Waals surface area (Å²) in [6.07, 6.45) is 4.72.